The highest BCUT2D eigenvalue weighted by molar-refractivity contribution is 5.78. The number of aliphatic hydroxyl groups is 1. The van der Waals surface area contributed by atoms with Crippen molar-refractivity contribution in [2.75, 3.05) is 6.54 Å². The third-order valence-corrected chi connectivity index (χ3v) is 4.05. The largest absolute Gasteiger partial charge is 0.391 e. The molecule has 0 aromatic heterocycles. The van der Waals surface area contributed by atoms with Gasteiger partial charge in [0, 0.05) is 12.5 Å². The molecule has 0 aromatic rings. The van der Waals surface area contributed by atoms with Crippen molar-refractivity contribution in [1.82, 2.24) is 5.32 Å². The lowest BCUT2D eigenvalue weighted by molar-refractivity contribution is -0.184. The Hall–Kier alpha value is -0.780. The number of hydrogen-bond acceptors (Lipinski definition) is 2. The second-order valence-corrected chi connectivity index (χ2v) is 6.90. The van der Waals surface area contributed by atoms with Gasteiger partial charge in [-0.15, -0.1) is 0 Å². The third-order valence-electron chi connectivity index (χ3n) is 4.05. The lowest BCUT2D eigenvalue weighted by Gasteiger charge is -2.30. The Labute approximate surface area is 124 Å². The van der Waals surface area contributed by atoms with Gasteiger partial charge in [-0.25, -0.2) is 0 Å². The van der Waals surface area contributed by atoms with E-state index in [-0.39, 0.29) is 44.1 Å². The maximum atomic E-state index is 12.6. The van der Waals surface area contributed by atoms with Gasteiger partial charge in [-0.3, -0.25) is 4.79 Å². The zero-order valence-electron chi connectivity index (χ0n) is 13.0. The Bertz CT molecular complexity index is 345. The van der Waals surface area contributed by atoms with Crippen LogP contribution < -0.4 is 5.32 Å². The van der Waals surface area contributed by atoms with E-state index in [1.807, 2.05) is 13.8 Å². The second-order valence-electron chi connectivity index (χ2n) is 6.90. The van der Waals surface area contributed by atoms with Crippen LogP contribution in [0.1, 0.15) is 52.9 Å². The van der Waals surface area contributed by atoms with Gasteiger partial charge in [0.05, 0.1) is 11.5 Å². The van der Waals surface area contributed by atoms with Crippen molar-refractivity contribution in [1.29, 1.82) is 0 Å². The van der Waals surface area contributed by atoms with Crippen molar-refractivity contribution in [3.63, 3.8) is 0 Å². The predicted octanol–water partition coefficient (Wildman–Crippen LogP) is 3.27. The molecule has 1 rings (SSSR count). The number of nitrogens with one attached hydrogen (secondary N) is 1. The topological polar surface area (TPSA) is 49.3 Å². The molecule has 21 heavy (non-hydrogen) atoms. The zero-order chi connectivity index (χ0) is 16.3. The molecule has 0 radical (unpaired) electrons. The average molecular weight is 309 g/mol. The van der Waals surface area contributed by atoms with Crippen LogP contribution in [0.2, 0.25) is 0 Å². The van der Waals surface area contributed by atoms with Gasteiger partial charge in [-0.1, -0.05) is 13.8 Å². The van der Waals surface area contributed by atoms with Crippen LogP contribution in [-0.2, 0) is 4.79 Å². The lowest BCUT2D eigenvalue weighted by atomic mass is 9.81. The molecule has 124 valence electrons. The quantitative estimate of drug-likeness (QED) is 0.819. The number of halogens is 3. The van der Waals surface area contributed by atoms with Crippen LogP contribution in [0.15, 0.2) is 0 Å². The Kier molecular flexibility index (Phi) is 6.08. The Morgan fingerprint density at radius 3 is 2.19 bits per heavy atom. The summed E-state index contributed by atoms with van der Waals surface area (Å²) < 4.78 is 37.7. The van der Waals surface area contributed by atoms with Crippen LogP contribution in [0.5, 0.6) is 0 Å². The number of carbonyl (C=O) groups is 1. The lowest BCUT2D eigenvalue weighted by Crippen LogP contribution is -2.44. The molecule has 0 spiro atoms. The van der Waals surface area contributed by atoms with Gasteiger partial charge in [0.15, 0.2) is 0 Å². The molecule has 1 aliphatic rings. The molecule has 0 aromatic carbocycles. The van der Waals surface area contributed by atoms with Crippen LogP contribution in [-0.4, -0.2) is 29.3 Å². The first-order valence-corrected chi connectivity index (χ1v) is 7.58. The summed E-state index contributed by atoms with van der Waals surface area (Å²) in [6, 6.07) is 0. The molecule has 1 unspecified atom stereocenters. The second kappa shape index (κ2) is 6.99. The number of rotatable bonds is 5. The normalized spacial score (nSPS) is 26.5. The molecule has 0 saturated heterocycles. The number of alkyl halides is 3. The number of amides is 1. The monoisotopic (exact) mass is 309 g/mol. The minimum atomic E-state index is -4.15. The van der Waals surface area contributed by atoms with Crippen molar-refractivity contribution in [2.45, 2.75) is 64.7 Å². The third kappa shape index (κ3) is 6.24. The summed E-state index contributed by atoms with van der Waals surface area (Å²) in [5.74, 6) is -1.57. The van der Waals surface area contributed by atoms with Crippen LogP contribution >= 0.6 is 0 Å². The number of carbonyl (C=O) groups excluding carboxylic acids is 1. The first-order valence-electron chi connectivity index (χ1n) is 7.58. The van der Waals surface area contributed by atoms with Crippen molar-refractivity contribution in [3.05, 3.63) is 0 Å². The molecule has 1 amide bonds. The Morgan fingerprint density at radius 1 is 1.24 bits per heavy atom. The van der Waals surface area contributed by atoms with Gasteiger partial charge in [0.25, 0.3) is 0 Å². The van der Waals surface area contributed by atoms with E-state index < -0.39 is 17.7 Å². The molecule has 0 heterocycles. The smallest absolute Gasteiger partial charge is 0.388 e. The predicted molar refractivity (Wildman–Crippen MR) is 74.6 cm³/mol. The molecule has 1 atom stereocenters. The van der Waals surface area contributed by atoms with Gasteiger partial charge in [0.2, 0.25) is 5.91 Å². The summed E-state index contributed by atoms with van der Waals surface area (Å²) in [6.07, 6.45) is -3.02. The fraction of sp³-hybridized carbons (Fsp3) is 0.933. The van der Waals surface area contributed by atoms with Crippen LogP contribution in [0.3, 0.4) is 0 Å². The van der Waals surface area contributed by atoms with Gasteiger partial charge in [-0.05, 0) is 44.9 Å². The van der Waals surface area contributed by atoms with E-state index >= 15 is 0 Å². The summed E-state index contributed by atoms with van der Waals surface area (Å²) in [6.45, 7) is 5.76. The van der Waals surface area contributed by atoms with E-state index in [1.54, 1.807) is 6.92 Å². The van der Waals surface area contributed by atoms with E-state index in [0.29, 0.717) is 12.3 Å². The highest BCUT2D eigenvalue weighted by Crippen LogP contribution is 2.39. The van der Waals surface area contributed by atoms with Crippen LogP contribution in [0.25, 0.3) is 0 Å². The fourth-order valence-corrected chi connectivity index (χ4v) is 3.06. The van der Waals surface area contributed by atoms with Crippen molar-refractivity contribution >= 4 is 5.91 Å². The highest BCUT2D eigenvalue weighted by atomic mass is 19.4. The first kappa shape index (κ1) is 18.3. The van der Waals surface area contributed by atoms with Gasteiger partial charge in [-0.2, -0.15) is 13.2 Å². The highest BCUT2D eigenvalue weighted by Gasteiger charge is 2.42. The van der Waals surface area contributed by atoms with E-state index in [9.17, 15) is 23.1 Å². The fourth-order valence-electron chi connectivity index (χ4n) is 3.06. The summed E-state index contributed by atoms with van der Waals surface area (Å²) in [4.78, 5) is 12.0. The van der Waals surface area contributed by atoms with E-state index in [2.05, 4.69) is 5.32 Å². The first-order chi connectivity index (χ1) is 9.51. The molecule has 0 aliphatic heterocycles. The summed E-state index contributed by atoms with van der Waals surface area (Å²) >= 11 is 0. The van der Waals surface area contributed by atoms with Gasteiger partial charge < -0.3 is 10.4 Å². The maximum Gasteiger partial charge on any atom is 0.391 e. The molecule has 3 nitrogen and oxygen atoms in total. The Balaban J connectivity index is 2.38. The molecule has 1 aliphatic carbocycles. The van der Waals surface area contributed by atoms with Gasteiger partial charge in [0.1, 0.15) is 0 Å². The zero-order valence-corrected chi connectivity index (χ0v) is 13.0. The van der Waals surface area contributed by atoms with Crippen LogP contribution in [0, 0.1) is 17.8 Å². The SMILES string of the molecule is CC(C)CC(C)(O)CNC(=O)C1CCC(C(F)(F)F)CC1. The molecule has 0 bridgehead atoms. The van der Waals surface area contributed by atoms with Crippen LogP contribution in [0.4, 0.5) is 13.2 Å². The summed E-state index contributed by atoms with van der Waals surface area (Å²) in [5, 5.41) is 12.8. The summed E-state index contributed by atoms with van der Waals surface area (Å²) in [7, 11) is 0. The molecule has 6 heteroatoms. The average Bonchev–Trinajstić information content (AvgIpc) is 2.33. The Morgan fingerprint density at radius 2 is 1.76 bits per heavy atom. The van der Waals surface area contributed by atoms with Crippen molar-refractivity contribution in [3.8, 4) is 0 Å². The number of hydrogen-bond donors (Lipinski definition) is 2. The minimum absolute atomic E-state index is 0.0178. The summed E-state index contributed by atoms with van der Waals surface area (Å²) in [5.41, 5.74) is -0.979. The van der Waals surface area contributed by atoms with Crippen molar-refractivity contribution in [2.24, 2.45) is 17.8 Å². The molecule has 1 fully saturated rings. The molecular weight excluding hydrogens is 283 g/mol. The maximum absolute atomic E-state index is 12.6. The molecule has 2 N–H and O–H groups in total. The molecular formula is C15H26F3NO2. The van der Waals surface area contributed by atoms with Gasteiger partial charge >= 0.3 is 6.18 Å². The van der Waals surface area contributed by atoms with E-state index in [0.717, 1.165) is 0 Å². The van der Waals surface area contributed by atoms with E-state index in [4.69, 9.17) is 0 Å². The van der Waals surface area contributed by atoms with Crippen molar-refractivity contribution < 1.29 is 23.1 Å². The molecule has 1 saturated carbocycles. The van der Waals surface area contributed by atoms with E-state index in [1.165, 1.54) is 0 Å². The standard InChI is InChI=1S/C15H26F3NO2/c1-10(2)8-14(3,21)9-19-13(20)11-4-6-12(7-5-11)15(16,17)18/h10-12,21H,4-9H2,1-3H3,(H,19,20). The minimum Gasteiger partial charge on any atom is -0.388 e.